The van der Waals surface area contributed by atoms with E-state index in [1.54, 1.807) is 11.3 Å². The molecule has 5 nitrogen and oxygen atoms in total. The maximum atomic E-state index is 11.1. The van der Waals surface area contributed by atoms with Crippen LogP contribution in [-0.4, -0.2) is 36.4 Å². The molecule has 116 valence electrons. The van der Waals surface area contributed by atoms with Gasteiger partial charge in [-0.05, 0) is 37.1 Å². The van der Waals surface area contributed by atoms with Gasteiger partial charge in [-0.25, -0.2) is 4.99 Å². The molecule has 6 heteroatoms. The molecule has 0 aliphatic carbocycles. The van der Waals surface area contributed by atoms with E-state index >= 15 is 0 Å². The number of nitrogens with zero attached hydrogens (tertiary/aromatic N) is 2. The van der Waals surface area contributed by atoms with Crippen LogP contribution in [0.15, 0.2) is 22.5 Å². The Morgan fingerprint density at radius 2 is 2.48 bits per heavy atom. The van der Waals surface area contributed by atoms with Crippen molar-refractivity contribution in [3.8, 4) is 0 Å². The number of primary amides is 1. The third-order valence-corrected chi connectivity index (χ3v) is 4.47. The van der Waals surface area contributed by atoms with E-state index < -0.39 is 0 Å². The van der Waals surface area contributed by atoms with E-state index in [1.807, 2.05) is 6.07 Å². The van der Waals surface area contributed by atoms with Crippen LogP contribution in [-0.2, 0) is 11.3 Å². The van der Waals surface area contributed by atoms with Crippen LogP contribution in [0.25, 0.3) is 0 Å². The molecule has 1 saturated heterocycles. The van der Waals surface area contributed by atoms with Gasteiger partial charge < -0.3 is 16.0 Å². The minimum absolute atomic E-state index is 0.206. The number of hydrogen-bond acceptors (Lipinski definition) is 3. The molecule has 1 atom stereocenters. The number of thiophene rings is 1. The first-order valence-corrected chi connectivity index (χ1v) is 8.41. The zero-order valence-corrected chi connectivity index (χ0v) is 13.4. The van der Waals surface area contributed by atoms with E-state index in [0.717, 1.165) is 38.4 Å². The van der Waals surface area contributed by atoms with Crippen molar-refractivity contribution in [2.24, 2.45) is 16.6 Å². The van der Waals surface area contributed by atoms with Crippen molar-refractivity contribution in [1.29, 1.82) is 0 Å². The smallest absolute Gasteiger partial charge is 0.217 e. The van der Waals surface area contributed by atoms with Crippen molar-refractivity contribution in [3.05, 3.63) is 22.4 Å². The summed E-state index contributed by atoms with van der Waals surface area (Å²) >= 11 is 1.72. The van der Waals surface area contributed by atoms with E-state index in [9.17, 15) is 4.79 Å². The molecule has 2 heterocycles. The zero-order chi connectivity index (χ0) is 15.1. The van der Waals surface area contributed by atoms with Crippen LogP contribution in [0.3, 0.4) is 0 Å². The number of nitrogens with one attached hydrogen (secondary N) is 1. The molecule has 0 spiro atoms. The SMILES string of the molecule is CCNC(=NCc1cccs1)N1CCCC(CC(N)=O)C1. The fourth-order valence-corrected chi connectivity index (χ4v) is 3.32. The first kappa shape index (κ1) is 15.8. The van der Waals surface area contributed by atoms with Gasteiger partial charge in [-0.3, -0.25) is 4.79 Å². The number of carbonyl (C=O) groups is 1. The molecule has 1 aliphatic heterocycles. The number of nitrogens with two attached hydrogens (primary N) is 1. The van der Waals surface area contributed by atoms with Gasteiger partial charge in [0.15, 0.2) is 5.96 Å². The van der Waals surface area contributed by atoms with Crippen molar-refractivity contribution in [2.45, 2.75) is 32.7 Å². The molecule has 2 rings (SSSR count). The lowest BCUT2D eigenvalue weighted by Gasteiger charge is -2.34. The lowest BCUT2D eigenvalue weighted by molar-refractivity contribution is -0.119. The molecule has 21 heavy (non-hydrogen) atoms. The van der Waals surface area contributed by atoms with Crippen LogP contribution in [0.5, 0.6) is 0 Å². The molecule has 1 aromatic heterocycles. The Morgan fingerprint density at radius 3 is 3.14 bits per heavy atom. The topological polar surface area (TPSA) is 70.7 Å². The molecular weight excluding hydrogens is 284 g/mol. The normalized spacial score (nSPS) is 19.6. The number of carbonyl (C=O) groups excluding carboxylic acids is 1. The fourth-order valence-electron chi connectivity index (χ4n) is 2.69. The molecular formula is C15H24N4OS. The highest BCUT2D eigenvalue weighted by molar-refractivity contribution is 7.09. The van der Waals surface area contributed by atoms with E-state index in [0.29, 0.717) is 18.9 Å². The fraction of sp³-hybridized carbons (Fsp3) is 0.600. The van der Waals surface area contributed by atoms with Crippen molar-refractivity contribution in [2.75, 3.05) is 19.6 Å². The number of amides is 1. The summed E-state index contributed by atoms with van der Waals surface area (Å²) in [6.07, 6.45) is 2.63. The lowest BCUT2D eigenvalue weighted by atomic mass is 9.95. The number of hydrogen-bond donors (Lipinski definition) is 2. The second kappa shape index (κ2) is 8.02. The maximum absolute atomic E-state index is 11.1. The zero-order valence-electron chi connectivity index (χ0n) is 12.5. The highest BCUT2D eigenvalue weighted by Crippen LogP contribution is 2.19. The molecule has 1 aliphatic rings. The van der Waals surface area contributed by atoms with Gasteiger partial charge in [-0.15, -0.1) is 11.3 Å². The predicted octanol–water partition coefficient (Wildman–Crippen LogP) is 1.80. The third kappa shape index (κ3) is 5.04. The van der Waals surface area contributed by atoms with Gasteiger partial charge in [0.2, 0.25) is 5.91 Å². The van der Waals surface area contributed by atoms with Gasteiger partial charge in [0.25, 0.3) is 0 Å². The molecule has 0 saturated carbocycles. The molecule has 0 aromatic carbocycles. The maximum Gasteiger partial charge on any atom is 0.217 e. The van der Waals surface area contributed by atoms with Crippen LogP contribution < -0.4 is 11.1 Å². The van der Waals surface area contributed by atoms with Crippen LogP contribution in [0.1, 0.15) is 31.1 Å². The number of guanidine groups is 1. The molecule has 1 unspecified atom stereocenters. The predicted molar refractivity (Wildman–Crippen MR) is 87.2 cm³/mol. The van der Waals surface area contributed by atoms with Crippen molar-refractivity contribution in [1.82, 2.24) is 10.2 Å². The van der Waals surface area contributed by atoms with Gasteiger partial charge in [-0.2, -0.15) is 0 Å². The minimum atomic E-state index is -0.206. The van der Waals surface area contributed by atoms with Gasteiger partial charge >= 0.3 is 0 Å². The summed E-state index contributed by atoms with van der Waals surface area (Å²) in [5.74, 6) is 1.09. The average molecular weight is 308 g/mol. The molecule has 0 radical (unpaired) electrons. The molecule has 3 N–H and O–H groups in total. The van der Waals surface area contributed by atoms with E-state index in [1.165, 1.54) is 4.88 Å². The second-order valence-corrected chi connectivity index (χ2v) is 6.41. The number of aliphatic imine (C=N–C) groups is 1. The monoisotopic (exact) mass is 308 g/mol. The van der Waals surface area contributed by atoms with Crippen LogP contribution in [0.2, 0.25) is 0 Å². The highest BCUT2D eigenvalue weighted by atomic mass is 32.1. The first-order chi connectivity index (χ1) is 10.2. The summed E-state index contributed by atoms with van der Waals surface area (Å²) in [4.78, 5) is 19.3. The van der Waals surface area contributed by atoms with Crippen molar-refractivity contribution in [3.63, 3.8) is 0 Å². The summed E-state index contributed by atoms with van der Waals surface area (Å²) in [6, 6.07) is 4.15. The highest BCUT2D eigenvalue weighted by Gasteiger charge is 2.23. The van der Waals surface area contributed by atoms with Gasteiger partial charge in [0.05, 0.1) is 6.54 Å². The molecule has 1 aromatic rings. The minimum Gasteiger partial charge on any atom is -0.370 e. The average Bonchev–Trinajstić information content (AvgIpc) is 2.96. The van der Waals surface area contributed by atoms with Crippen LogP contribution >= 0.6 is 11.3 Å². The Balaban J connectivity index is 1.99. The van der Waals surface area contributed by atoms with E-state index in [2.05, 4.69) is 28.6 Å². The Hall–Kier alpha value is -1.56. The van der Waals surface area contributed by atoms with E-state index in [-0.39, 0.29) is 5.91 Å². The largest absolute Gasteiger partial charge is 0.370 e. The first-order valence-electron chi connectivity index (χ1n) is 7.53. The Bertz CT molecular complexity index is 472. The summed E-state index contributed by atoms with van der Waals surface area (Å²) < 4.78 is 0. The summed E-state index contributed by atoms with van der Waals surface area (Å²) in [5, 5.41) is 5.42. The standard InChI is InChI=1S/C15H24N4OS/c1-2-17-15(18-10-13-6-4-8-21-13)19-7-3-5-12(11-19)9-14(16)20/h4,6,8,12H,2-3,5,7,9-11H2,1H3,(H2,16,20)(H,17,18). The van der Waals surface area contributed by atoms with Crippen LogP contribution in [0, 0.1) is 5.92 Å². The summed E-state index contributed by atoms with van der Waals surface area (Å²) in [5.41, 5.74) is 5.32. The Kier molecular flexibility index (Phi) is 6.04. The van der Waals surface area contributed by atoms with Gasteiger partial charge in [0.1, 0.15) is 0 Å². The van der Waals surface area contributed by atoms with Crippen molar-refractivity contribution >= 4 is 23.2 Å². The quantitative estimate of drug-likeness (QED) is 0.643. The molecule has 1 fully saturated rings. The van der Waals surface area contributed by atoms with Crippen LogP contribution in [0.4, 0.5) is 0 Å². The summed E-state index contributed by atoms with van der Waals surface area (Å²) in [6.45, 7) is 5.48. The number of rotatable bonds is 5. The Morgan fingerprint density at radius 1 is 1.62 bits per heavy atom. The third-order valence-electron chi connectivity index (χ3n) is 3.61. The summed E-state index contributed by atoms with van der Waals surface area (Å²) in [7, 11) is 0. The second-order valence-electron chi connectivity index (χ2n) is 5.37. The van der Waals surface area contributed by atoms with Gasteiger partial charge in [0, 0.05) is 30.9 Å². The number of piperidine rings is 1. The molecule has 1 amide bonds. The Labute approximate surface area is 130 Å². The van der Waals surface area contributed by atoms with Crippen molar-refractivity contribution < 1.29 is 4.79 Å². The lowest BCUT2D eigenvalue weighted by Crippen LogP contribution is -2.47. The molecule has 0 bridgehead atoms. The van der Waals surface area contributed by atoms with Gasteiger partial charge in [-0.1, -0.05) is 6.07 Å². The number of likely N-dealkylation sites (tertiary alicyclic amines) is 1. The van der Waals surface area contributed by atoms with E-state index in [4.69, 9.17) is 10.7 Å².